The third kappa shape index (κ3) is 3.47. The van der Waals surface area contributed by atoms with Gasteiger partial charge in [-0.05, 0) is 42.6 Å². The van der Waals surface area contributed by atoms with Gasteiger partial charge in [-0.1, -0.05) is 20.3 Å². The van der Waals surface area contributed by atoms with Crippen LogP contribution in [-0.2, 0) is 23.8 Å². The lowest BCUT2D eigenvalue weighted by molar-refractivity contribution is -0.266. The molecule has 1 spiro atoms. The Morgan fingerprint density at radius 3 is 2.59 bits per heavy atom. The molecule has 1 aliphatic heterocycles. The SMILES string of the molecule is CC(=O)OC[C@@]12[C@H](CCC[C@]13CO3)[C@@](C)(C[C@H](O)c1ccoc1)[C@H](C)[C@@H](O)[C@@H]2OC(C)=O. The van der Waals surface area contributed by atoms with Gasteiger partial charge < -0.3 is 28.8 Å². The maximum atomic E-state index is 12.1. The summed E-state index contributed by atoms with van der Waals surface area (Å²) in [6, 6.07) is 1.73. The summed E-state index contributed by atoms with van der Waals surface area (Å²) in [5, 5.41) is 22.6. The molecule has 0 unspecified atom stereocenters. The Labute approximate surface area is 188 Å². The number of furan rings is 1. The third-order valence-corrected chi connectivity index (χ3v) is 8.57. The summed E-state index contributed by atoms with van der Waals surface area (Å²) in [5.41, 5.74) is -1.41. The summed E-state index contributed by atoms with van der Waals surface area (Å²) >= 11 is 0. The molecule has 2 aliphatic carbocycles. The van der Waals surface area contributed by atoms with Crippen LogP contribution < -0.4 is 0 Å². The first-order chi connectivity index (χ1) is 15.1. The average molecular weight is 451 g/mol. The van der Waals surface area contributed by atoms with E-state index in [1.807, 2.05) is 6.92 Å². The highest BCUT2D eigenvalue weighted by atomic mass is 16.6. The van der Waals surface area contributed by atoms with E-state index < -0.39 is 46.7 Å². The molecule has 2 saturated carbocycles. The first-order valence-electron chi connectivity index (χ1n) is 11.4. The molecule has 1 aromatic rings. The molecule has 4 rings (SSSR count). The standard InChI is InChI=1S/C24H34O8/c1-14-20(28)21(32-16(3)26)24(13-30-15(2)25)19(6-5-8-23(24)12-31-23)22(14,4)10-18(27)17-7-9-29-11-17/h7,9,11,14,18-21,27-28H,5-6,8,10,12-13H2,1-4H3/t14-,18+,19-,20-,21+,22+,23+,24+/m1/s1. The molecule has 32 heavy (non-hydrogen) atoms. The highest BCUT2D eigenvalue weighted by Crippen LogP contribution is 2.69. The van der Waals surface area contributed by atoms with E-state index in [1.54, 1.807) is 6.07 Å². The number of aliphatic hydroxyl groups is 2. The Bertz CT molecular complexity index is 846. The van der Waals surface area contributed by atoms with E-state index in [2.05, 4.69) is 6.92 Å². The highest BCUT2D eigenvalue weighted by molar-refractivity contribution is 5.67. The highest BCUT2D eigenvalue weighted by Gasteiger charge is 2.77. The van der Waals surface area contributed by atoms with E-state index in [0.29, 0.717) is 18.6 Å². The molecule has 2 N–H and O–H groups in total. The van der Waals surface area contributed by atoms with Gasteiger partial charge in [-0.2, -0.15) is 0 Å². The number of aliphatic hydroxyl groups excluding tert-OH is 2. The van der Waals surface area contributed by atoms with Crippen molar-refractivity contribution < 1.29 is 38.4 Å². The van der Waals surface area contributed by atoms with Crippen molar-refractivity contribution in [1.29, 1.82) is 0 Å². The molecule has 2 heterocycles. The molecule has 1 aromatic heterocycles. The van der Waals surface area contributed by atoms with E-state index in [1.165, 1.54) is 26.4 Å². The van der Waals surface area contributed by atoms with Gasteiger partial charge in [0.25, 0.3) is 0 Å². The molecule has 0 aromatic carbocycles. The van der Waals surface area contributed by atoms with Crippen LogP contribution in [0.3, 0.4) is 0 Å². The Kier molecular flexibility index (Phi) is 5.92. The molecule has 3 aliphatic rings. The molecule has 1 saturated heterocycles. The second-order valence-corrected chi connectivity index (χ2v) is 10.1. The molecule has 3 fully saturated rings. The summed E-state index contributed by atoms with van der Waals surface area (Å²) < 4.78 is 22.6. The van der Waals surface area contributed by atoms with Crippen LogP contribution in [0.5, 0.6) is 0 Å². The number of rotatable bonds is 6. The summed E-state index contributed by atoms with van der Waals surface area (Å²) in [6.07, 6.45) is 3.18. The van der Waals surface area contributed by atoms with Gasteiger partial charge in [0.1, 0.15) is 18.3 Å². The van der Waals surface area contributed by atoms with Crippen molar-refractivity contribution >= 4 is 11.9 Å². The predicted octanol–water partition coefficient (Wildman–Crippen LogP) is 2.77. The van der Waals surface area contributed by atoms with Gasteiger partial charge in [0, 0.05) is 19.4 Å². The summed E-state index contributed by atoms with van der Waals surface area (Å²) in [4.78, 5) is 24.0. The number of ether oxygens (including phenoxy) is 3. The zero-order chi connectivity index (χ0) is 23.3. The van der Waals surface area contributed by atoms with E-state index in [9.17, 15) is 19.8 Å². The van der Waals surface area contributed by atoms with Crippen LogP contribution in [0.4, 0.5) is 0 Å². The van der Waals surface area contributed by atoms with Gasteiger partial charge in [0.2, 0.25) is 0 Å². The largest absolute Gasteiger partial charge is 0.472 e. The van der Waals surface area contributed by atoms with Crippen molar-refractivity contribution in [1.82, 2.24) is 0 Å². The average Bonchev–Trinajstić information content (AvgIpc) is 3.29. The number of hydrogen-bond donors (Lipinski definition) is 2. The quantitative estimate of drug-likeness (QED) is 0.502. The lowest BCUT2D eigenvalue weighted by Crippen LogP contribution is -2.71. The van der Waals surface area contributed by atoms with E-state index >= 15 is 0 Å². The minimum absolute atomic E-state index is 0.00782. The summed E-state index contributed by atoms with van der Waals surface area (Å²) in [7, 11) is 0. The van der Waals surface area contributed by atoms with Gasteiger partial charge in [-0.25, -0.2) is 0 Å². The van der Waals surface area contributed by atoms with Crippen molar-refractivity contribution in [2.75, 3.05) is 13.2 Å². The number of hydrogen-bond acceptors (Lipinski definition) is 8. The topological polar surface area (TPSA) is 119 Å². The van der Waals surface area contributed by atoms with Gasteiger partial charge >= 0.3 is 11.9 Å². The lowest BCUT2D eigenvalue weighted by atomic mass is 9.42. The van der Waals surface area contributed by atoms with Gasteiger partial charge in [0.15, 0.2) is 0 Å². The molecule has 8 atom stereocenters. The maximum Gasteiger partial charge on any atom is 0.303 e. The minimum Gasteiger partial charge on any atom is -0.472 e. The van der Waals surface area contributed by atoms with Crippen molar-refractivity contribution in [3.8, 4) is 0 Å². The molecule has 0 amide bonds. The smallest absolute Gasteiger partial charge is 0.303 e. The fourth-order valence-corrected chi connectivity index (χ4v) is 6.77. The van der Waals surface area contributed by atoms with Gasteiger partial charge in [-0.15, -0.1) is 0 Å². The first-order valence-corrected chi connectivity index (χ1v) is 11.4. The van der Waals surface area contributed by atoms with E-state index in [0.717, 1.165) is 19.3 Å². The second kappa shape index (κ2) is 8.15. The fourth-order valence-electron chi connectivity index (χ4n) is 6.77. The van der Waals surface area contributed by atoms with Crippen LogP contribution in [0.2, 0.25) is 0 Å². The van der Waals surface area contributed by atoms with Crippen LogP contribution in [0.15, 0.2) is 23.0 Å². The molecule has 8 nitrogen and oxygen atoms in total. The predicted molar refractivity (Wildman–Crippen MR) is 112 cm³/mol. The number of carbonyl (C=O) groups excluding carboxylic acids is 2. The van der Waals surface area contributed by atoms with Gasteiger partial charge in [-0.3, -0.25) is 9.59 Å². The second-order valence-electron chi connectivity index (χ2n) is 10.1. The Morgan fingerprint density at radius 2 is 2.03 bits per heavy atom. The molecule has 0 radical (unpaired) electrons. The van der Waals surface area contributed by atoms with Gasteiger partial charge in [0.05, 0.1) is 36.8 Å². The lowest BCUT2D eigenvalue weighted by Gasteiger charge is -2.64. The molecule has 178 valence electrons. The van der Waals surface area contributed by atoms with Crippen molar-refractivity contribution in [3.63, 3.8) is 0 Å². The van der Waals surface area contributed by atoms with Crippen LogP contribution in [0.1, 0.15) is 65.0 Å². The van der Waals surface area contributed by atoms with E-state index in [-0.39, 0.29) is 18.4 Å². The van der Waals surface area contributed by atoms with Crippen molar-refractivity contribution in [3.05, 3.63) is 24.2 Å². The number of epoxide rings is 1. The van der Waals surface area contributed by atoms with Crippen LogP contribution in [-0.4, -0.2) is 53.2 Å². The van der Waals surface area contributed by atoms with Crippen LogP contribution in [0, 0.1) is 22.7 Å². The summed E-state index contributed by atoms with van der Waals surface area (Å²) in [5.74, 6) is -1.34. The minimum atomic E-state index is -1.01. The Balaban J connectivity index is 1.82. The number of fused-ring (bicyclic) bond motifs is 2. The first kappa shape index (κ1) is 23.3. The molecular weight excluding hydrogens is 416 g/mol. The third-order valence-electron chi connectivity index (χ3n) is 8.57. The molecule has 8 heteroatoms. The van der Waals surface area contributed by atoms with Crippen molar-refractivity contribution in [2.45, 2.75) is 77.3 Å². The zero-order valence-electron chi connectivity index (χ0n) is 19.2. The number of carbonyl (C=O) groups is 2. The van der Waals surface area contributed by atoms with Crippen LogP contribution in [0.25, 0.3) is 0 Å². The summed E-state index contributed by atoms with van der Waals surface area (Å²) in [6.45, 7) is 7.14. The normalized spacial score (nSPS) is 41.6. The monoisotopic (exact) mass is 450 g/mol. The van der Waals surface area contributed by atoms with E-state index in [4.69, 9.17) is 18.6 Å². The zero-order valence-corrected chi connectivity index (χ0v) is 19.2. The fraction of sp³-hybridized carbons (Fsp3) is 0.750. The van der Waals surface area contributed by atoms with Crippen LogP contribution >= 0.6 is 0 Å². The maximum absolute atomic E-state index is 12.1. The Morgan fingerprint density at radius 1 is 1.31 bits per heavy atom. The number of esters is 2. The Hall–Kier alpha value is -1.90. The van der Waals surface area contributed by atoms with Crippen molar-refractivity contribution in [2.24, 2.45) is 22.7 Å². The molecule has 0 bridgehead atoms. The molecular formula is C24H34O8.